The molecule has 0 aliphatic carbocycles. The van der Waals surface area contributed by atoms with Gasteiger partial charge < -0.3 is 10.1 Å². The fraction of sp³-hybridized carbons (Fsp3) is 0.0870. The molecule has 0 bridgehead atoms. The number of fused-ring (bicyclic) bond motifs is 3. The van der Waals surface area contributed by atoms with Gasteiger partial charge in [0.2, 0.25) is 0 Å². The van der Waals surface area contributed by atoms with Crippen LogP contribution in [0.5, 0.6) is 5.75 Å². The Morgan fingerprint density at radius 3 is 2.47 bits per heavy atom. The molecule has 0 unspecified atom stereocenters. The highest BCUT2D eigenvalue weighted by molar-refractivity contribution is 5.76. The van der Waals surface area contributed by atoms with E-state index in [0.717, 1.165) is 16.8 Å². The highest BCUT2D eigenvalue weighted by Gasteiger charge is 2.28. The summed E-state index contributed by atoms with van der Waals surface area (Å²) in [7, 11) is 1.58. The van der Waals surface area contributed by atoms with Crippen molar-refractivity contribution in [3.8, 4) is 28.4 Å². The SMILES string of the molecule is COc1ccc(-c2nn3c(nc2=O)-c2ccccc2N[C@H]3c2ccc(F)cc2)cc1. The van der Waals surface area contributed by atoms with Crippen molar-refractivity contribution in [3.63, 3.8) is 0 Å². The van der Waals surface area contributed by atoms with Crippen LogP contribution in [0, 0.1) is 5.82 Å². The summed E-state index contributed by atoms with van der Waals surface area (Å²) in [6.45, 7) is 0. The Labute approximate surface area is 171 Å². The van der Waals surface area contributed by atoms with Crippen molar-refractivity contribution in [1.82, 2.24) is 14.8 Å². The largest absolute Gasteiger partial charge is 0.497 e. The van der Waals surface area contributed by atoms with Crippen LogP contribution >= 0.6 is 0 Å². The summed E-state index contributed by atoms with van der Waals surface area (Å²) in [6.07, 6.45) is -0.444. The number of nitrogens with one attached hydrogen (secondary N) is 1. The monoisotopic (exact) mass is 400 g/mol. The fourth-order valence-electron chi connectivity index (χ4n) is 3.57. The molecule has 4 aromatic rings. The molecule has 7 heteroatoms. The molecular formula is C23H17FN4O2. The number of benzene rings is 3. The Hall–Kier alpha value is -4.00. The van der Waals surface area contributed by atoms with Gasteiger partial charge in [0.15, 0.2) is 11.5 Å². The maximum absolute atomic E-state index is 13.5. The van der Waals surface area contributed by atoms with Crippen LogP contribution in [0.3, 0.4) is 0 Å². The second-order valence-electron chi connectivity index (χ2n) is 6.91. The van der Waals surface area contributed by atoms with Gasteiger partial charge in [-0.15, -0.1) is 0 Å². The number of hydrogen-bond donors (Lipinski definition) is 1. The van der Waals surface area contributed by atoms with Gasteiger partial charge in [-0.1, -0.05) is 24.3 Å². The number of anilines is 1. The Bertz CT molecular complexity index is 1280. The van der Waals surface area contributed by atoms with Crippen LogP contribution in [-0.2, 0) is 0 Å². The normalized spacial score (nSPS) is 14.4. The number of halogens is 1. The lowest BCUT2D eigenvalue weighted by Gasteiger charge is -2.30. The van der Waals surface area contributed by atoms with Gasteiger partial charge in [-0.3, -0.25) is 4.79 Å². The second kappa shape index (κ2) is 7.11. The summed E-state index contributed by atoms with van der Waals surface area (Å²) in [4.78, 5) is 17.2. The minimum Gasteiger partial charge on any atom is -0.497 e. The minimum atomic E-state index is -0.444. The molecule has 148 valence electrons. The molecule has 0 saturated heterocycles. The standard InChI is InChI=1S/C23H17FN4O2/c1-30-17-12-8-14(9-13-17)20-23(29)26-22-18-4-2-3-5-19(18)25-21(28(22)27-20)15-6-10-16(24)11-7-15/h2-13,21,25H,1H3/t21-/m1/s1. The fourth-order valence-corrected chi connectivity index (χ4v) is 3.57. The summed E-state index contributed by atoms with van der Waals surface area (Å²) in [5.41, 5.74) is 2.86. The van der Waals surface area contributed by atoms with Gasteiger partial charge in [0.25, 0.3) is 5.56 Å². The molecule has 30 heavy (non-hydrogen) atoms. The maximum atomic E-state index is 13.5. The first-order chi connectivity index (χ1) is 14.6. The van der Waals surface area contributed by atoms with Gasteiger partial charge in [-0.25, -0.2) is 9.07 Å². The van der Waals surface area contributed by atoms with Gasteiger partial charge in [0.05, 0.1) is 7.11 Å². The minimum absolute atomic E-state index is 0.231. The zero-order valence-electron chi connectivity index (χ0n) is 16.0. The highest BCUT2D eigenvalue weighted by atomic mass is 19.1. The Kier molecular flexibility index (Phi) is 4.28. The molecular weight excluding hydrogens is 383 g/mol. The van der Waals surface area contributed by atoms with Crippen molar-refractivity contribution in [1.29, 1.82) is 0 Å². The zero-order chi connectivity index (χ0) is 20.7. The summed E-state index contributed by atoms with van der Waals surface area (Å²) >= 11 is 0. The van der Waals surface area contributed by atoms with Crippen molar-refractivity contribution in [3.05, 3.63) is 94.5 Å². The number of hydrogen-bond acceptors (Lipinski definition) is 5. The van der Waals surface area contributed by atoms with Crippen molar-refractivity contribution < 1.29 is 9.13 Å². The number of methoxy groups -OCH3 is 1. The van der Waals surface area contributed by atoms with Crippen LogP contribution in [0.1, 0.15) is 11.7 Å². The third-order valence-electron chi connectivity index (χ3n) is 5.09. The second-order valence-corrected chi connectivity index (χ2v) is 6.91. The number of nitrogens with zero attached hydrogens (tertiary/aromatic N) is 3. The molecule has 1 atom stereocenters. The quantitative estimate of drug-likeness (QED) is 0.561. The molecule has 0 spiro atoms. The van der Waals surface area contributed by atoms with E-state index in [4.69, 9.17) is 4.74 Å². The van der Waals surface area contributed by atoms with Crippen LogP contribution in [0.15, 0.2) is 77.6 Å². The van der Waals surface area contributed by atoms with E-state index in [0.29, 0.717) is 17.1 Å². The Morgan fingerprint density at radius 1 is 1.00 bits per heavy atom. The highest BCUT2D eigenvalue weighted by Crippen LogP contribution is 2.36. The van der Waals surface area contributed by atoms with E-state index in [1.165, 1.54) is 12.1 Å². The van der Waals surface area contributed by atoms with Crippen LogP contribution in [0.2, 0.25) is 0 Å². The molecule has 0 fully saturated rings. The van der Waals surface area contributed by atoms with Gasteiger partial charge in [-0.05, 0) is 54.1 Å². The molecule has 1 aliphatic rings. The molecule has 0 saturated carbocycles. The molecule has 0 radical (unpaired) electrons. The van der Waals surface area contributed by atoms with E-state index in [9.17, 15) is 9.18 Å². The summed E-state index contributed by atoms with van der Waals surface area (Å²) in [5, 5.41) is 8.08. The molecule has 5 rings (SSSR count). The number of para-hydroxylation sites is 1. The predicted molar refractivity (Wildman–Crippen MR) is 112 cm³/mol. The summed E-state index contributed by atoms with van der Waals surface area (Å²) in [6, 6.07) is 20.9. The molecule has 2 heterocycles. The third-order valence-corrected chi connectivity index (χ3v) is 5.09. The van der Waals surface area contributed by atoms with E-state index < -0.39 is 11.7 Å². The lowest BCUT2D eigenvalue weighted by atomic mass is 10.1. The van der Waals surface area contributed by atoms with E-state index in [2.05, 4.69) is 15.4 Å². The lowest BCUT2D eigenvalue weighted by Crippen LogP contribution is -2.32. The summed E-state index contributed by atoms with van der Waals surface area (Å²) < 4.78 is 20.3. The van der Waals surface area contributed by atoms with Gasteiger partial charge in [0, 0.05) is 16.8 Å². The lowest BCUT2D eigenvalue weighted by molar-refractivity contribution is 0.415. The first-order valence-corrected chi connectivity index (χ1v) is 9.41. The molecule has 6 nitrogen and oxygen atoms in total. The van der Waals surface area contributed by atoms with Crippen LogP contribution in [0.25, 0.3) is 22.6 Å². The smallest absolute Gasteiger partial charge is 0.300 e. The summed E-state index contributed by atoms with van der Waals surface area (Å²) in [5.74, 6) is 0.825. The first-order valence-electron chi connectivity index (χ1n) is 9.41. The molecule has 1 N–H and O–H groups in total. The van der Waals surface area contributed by atoms with Gasteiger partial charge in [-0.2, -0.15) is 10.1 Å². The average Bonchev–Trinajstić information content (AvgIpc) is 2.79. The van der Waals surface area contributed by atoms with Crippen LogP contribution < -0.4 is 15.6 Å². The van der Waals surface area contributed by atoms with E-state index >= 15 is 0 Å². The number of ether oxygens (including phenoxy) is 1. The van der Waals surface area contributed by atoms with Crippen LogP contribution in [0.4, 0.5) is 10.1 Å². The predicted octanol–water partition coefficient (Wildman–Crippen LogP) is 4.09. The zero-order valence-corrected chi connectivity index (χ0v) is 16.0. The molecule has 0 amide bonds. The molecule has 3 aromatic carbocycles. The van der Waals surface area contributed by atoms with E-state index in [1.54, 1.807) is 48.2 Å². The van der Waals surface area contributed by atoms with E-state index in [-0.39, 0.29) is 11.5 Å². The van der Waals surface area contributed by atoms with Crippen molar-refractivity contribution in [2.45, 2.75) is 6.17 Å². The van der Waals surface area contributed by atoms with Crippen molar-refractivity contribution >= 4 is 5.69 Å². The van der Waals surface area contributed by atoms with E-state index in [1.807, 2.05) is 24.3 Å². The van der Waals surface area contributed by atoms with Gasteiger partial charge >= 0.3 is 0 Å². The number of aromatic nitrogens is 3. The average molecular weight is 400 g/mol. The first kappa shape index (κ1) is 18.1. The van der Waals surface area contributed by atoms with Crippen LogP contribution in [-0.4, -0.2) is 21.9 Å². The van der Waals surface area contributed by atoms with Crippen molar-refractivity contribution in [2.75, 3.05) is 12.4 Å². The third kappa shape index (κ3) is 3.00. The Balaban J connectivity index is 1.71. The van der Waals surface area contributed by atoms with Crippen molar-refractivity contribution in [2.24, 2.45) is 0 Å². The molecule has 1 aromatic heterocycles. The van der Waals surface area contributed by atoms with Gasteiger partial charge in [0.1, 0.15) is 17.7 Å². The topological polar surface area (TPSA) is 69.0 Å². The maximum Gasteiger partial charge on any atom is 0.300 e. The number of rotatable bonds is 3. The molecule has 1 aliphatic heterocycles. The Morgan fingerprint density at radius 2 is 1.73 bits per heavy atom.